The van der Waals surface area contributed by atoms with Gasteiger partial charge in [-0.15, -0.1) is 0 Å². The first-order valence-corrected chi connectivity index (χ1v) is 9.47. The molecule has 148 valence electrons. The van der Waals surface area contributed by atoms with Crippen molar-refractivity contribution in [3.63, 3.8) is 0 Å². The Morgan fingerprint density at radius 3 is 2.68 bits per heavy atom. The molecule has 0 aromatic heterocycles. The van der Waals surface area contributed by atoms with E-state index in [1.807, 2.05) is 24.3 Å². The Kier molecular flexibility index (Phi) is 5.62. The molecular formula is C21H23FN2O4. The third-order valence-electron chi connectivity index (χ3n) is 4.91. The molecular weight excluding hydrogens is 363 g/mol. The Labute approximate surface area is 163 Å². The molecule has 1 fully saturated rings. The van der Waals surface area contributed by atoms with Crippen LogP contribution in [0, 0.1) is 5.82 Å². The zero-order chi connectivity index (χ0) is 19.3. The van der Waals surface area contributed by atoms with E-state index in [1.165, 1.54) is 6.07 Å². The van der Waals surface area contributed by atoms with Crippen molar-refractivity contribution in [1.29, 1.82) is 0 Å². The minimum atomic E-state index is -0.582. The van der Waals surface area contributed by atoms with E-state index in [2.05, 4.69) is 4.90 Å². The fourth-order valence-corrected chi connectivity index (χ4v) is 3.46. The van der Waals surface area contributed by atoms with Crippen LogP contribution in [0.5, 0.6) is 11.5 Å². The molecule has 1 saturated heterocycles. The van der Waals surface area contributed by atoms with Crippen LogP contribution in [-0.4, -0.2) is 62.9 Å². The van der Waals surface area contributed by atoms with Gasteiger partial charge in [0.05, 0.1) is 32.0 Å². The van der Waals surface area contributed by atoms with Crippen molar-refractivity contribution < 1.29 is 23.4 Å². The lowest BCUT2D eigenvalue weighted by molar-refractivity contribution is -0.142. The second-order valence-corrected chi connectivity index (χ2v) is 6.74. The summed E-state index contributed by atoms with van der Waals surface area (Å²) in [5.74, 6) is 0.485. The number of rotatable bonds is 5. The Balaban J connectivity index is 1.44. The van der Waals surface area contributed by atoms with Crippen molar-refractivity contribution in [3.8, 4) is 11.5 Å². The normalized spacial score (nSPS) is 19.0. The number of benzene rings is 2. The number of halogens is 1. The van der Waals surface area contributed by atoms with Crippen LogP contribution in [0.15, 0.2) is 48.5 Å². The zero-order valence-corrected chi connectivity index (χ0v) is 15.6. The number of fused-ring (bicyclic) bond motifs is 1. The lowest BCUT2D eigenvalue weighted by Crippen LogP contribution is -2.53. The van der Waals surface area contributed by atoms with E-state index in [0.29, 0.717) is 51.7 Å². The Morgan fingerprint density at radius 2 is 1.86 bits per heavy atom. The Hall–Kier alpha value is -2.80. The molecule has 2 aromatic carbocycles. The molecule has 0 radical (unpaired) electrons. The summed E-state index contributed by atoms with van der Waals surface area (Å²) in [6, 6.07) is 14.0. The van der Waals surface area contributed by atoms with Crippen LogP contribution < -0.4 is 14.4 Å². The van der Waals surface area contributed by atoms with Crippen LogP contribution in [0.4, 0.5) is 10.1 Å². The largest absolute Gasteiger partial charge is 0.489 e. The van der Waals surface area contributed by atoms with E-state index in [4.69, 9.17) is 14.2 Å². The number of ether oxygens (including phenoxy) is 3. The minimum absolute atomic E-state index is 0.0298. The van der Waals surface area contributed by atoms with Crippen LogP contribution in [0.25, 0.3) is 0 Å². The summed E-state index contributed by atoms with van der Waals surface area (Å²) < 4.78 is 30.7. The van der Waals surface area contributed by atoms with Gasteiger partial charge in [0.2, 0.25) is 0 Å². The van der Waals surface area contributed by atoms with Gasteiger partial charge in [-0.25, -0.2) is 4.39 Å². The molecule has 2 aliphatic rings. The Morgan fingerprint density at radius 1 is 1.11 bits per heavy atom. The fraction of sp³-hybridized carbons (Fsp3) is 0.381. The second kappa shape index (κ2) is 8.48. The number of hydrogen-bond acceptors (Lipinski definition) is 5. The average Bonchev–Trinajstić information content (AvgIpc) is 2.75. The highest BCUT2D eigenvalue weighted by molar-refractivity contribution is 5.83. The van der Waals surface area contributed by atoms with Crippen molar-refractivity contribution in [3.05, 3.63) is 54.3 Å². The van der Waals surface area contributed by atoms with E-state index in [1.54, 1.807) is 23.1 Å². The fourth-order valence-electron chi connectivity index (χ4n) is 3.46. The predicted octanol–water partition coefficient (Wildman–Crippen LogP) is 2.33. The van der Waals surface area contributed by atoms with Crippen LogP contribution >= 0.6 is 0 Å². The van der Waals surface area contributed by atoms with Crippen molar-refractivity contribution >= 4 is 11.6 Å². The highest BCUT2D eigenvalue weighted by Gasteiger charge is 2.33. The van der Waals surface area contributed by atoms with Crippen molar-refractivity contribution in [2.45, 2.75) is 6.10 Å². The van der Waals surface area contributed by atoms with Gasteiger partial charge in [-0.2, -0.15) is 0 Å². The van der Waals surface area contributed by atoms with E-state index in [0.717, 1.165) is 5.69 Å². The molecule has 2 aromatic rings. The van der Waals surface area contributed by atoms with Gasteiger partial charge < -0.3 is 24.0 Å². The molecule has 0 spiro atoms. The number of carbonyl (C=O) groups is 1. The van der Waals surface area contributed by atoms with Crippen LogP contribution in [0.3, 0.4) is 0 Å². The smallest absolute Gasteiger partial charge is 0.265 e. The molecule has 0 N–H and O–H groups in total. The van der Waals surface area contributed by atoms with Gasteiger partial charge in [-0.3, -0.25) is 4.79 Å². The van der Waals surface area contributed by atoms with Crippen molar-refractivity contribution in [2.24, 2.45) is 0 Å². The highest BCUT2D eigenvalue weighted by atomic mass is 19.1. The van der Waals surface area contributed by atoms with Gasteiger partial charge in [0.25, 0.3) is 5.91 Å². The molecule has 6 nitrogen and oxygen atoms in total. The molecule has 0 aliphatic carbocycles. The summed E-state index contributed by atoms with van der Waals surface area (Å²) in [5, 5.41) is 0. The average molecular weight is 386 g/mol. The standard InChI is InChI=1S/C21H23FN2O4/c22-16-5-1-3-7-18(16)27-14-11-24-15-20(21(25)23-9-12-26-13-10-23)28-19-8-4-2-6-17(19)24/h1-8,20H,9-15H2. The van der Waals surface area contributed by atoms with Crippen LogP contribution in [-0.2, 0) is 9.53 Å². The van der Waals surface area contributed by atoms with E-state index < -0.39 is 6.10 Å². The van der Waals surface area contributed by atoms with Crippen LogP contribution in [0.2, 0.25) is 0 Å². The van der Waals surface area contributed by atoms with Crippen molar-refractivity contribution in [1.82, 2.24) is 4.90 Å². The predicted molar refractivity (Wildman–Crippen MR) is 102 cm³/mol. The second-order valence-electron chi connectivity index (χ2n) is 6.74. The van der Waals surface area contributed by atoms with Gasteiger partial charge in [0.1, 0.15) is 12.4 Å². The third-order valence-corrected chi connectivity index (χ3v) is 4.91. The lowest BCUT2D eigenvalue weighted by atomic mass is 10.1. The quantitative estimate of drug-likeness (QED) is 0.790. The van der Waals surface area contributed by atoms with E-state index in [-0.39, 0.29) is 17.5 Å². The maximum atomic E-state index is 13.7. The van der Waals surface area contributed by atoms with Crippen molar-refractivity contribution in [2.75, 3.05) is 50.9 Å². The van der Waals surface area contributed by atoms with Gasteiger partial charge in [-0.1, -0.05) is 24.3 Å². The number of anilines is 1. The lowest BCUT2D eigenvalue weighted by Gasteiger charge is -2.38. The summed E-state index contributed by atoms with van der Waals surface area (Å²) >= 11 is 0. The van der Waals surface area contributed by atoms with Gasteiger partial charge in [0, 0.05) is 13.1 Å². The first kappa shape index (κ1) is 18.6. The molecule has 0 saturated carbocycles. The number of para-hydroxylation sites is 3. The molecule has 7 heteroatoms. The summed E-state index contributed by atoms with van der Waals surface area (Å²) in [7, 11) is 0. The SMILES string of the molecule is O=C(C1CN(CCOc2ccccc2F)c2ccccc2O1)N1CCOCC1. The summed E-state index contributed by atoms with van der Waals surface area (Å²) in [4.78, 5) is 16.7. The van der Waals surface area contributed by atoms with Gasteiger partial charge in [0.15, 0.2) is 17.7 Å². The number of nitrogens with zero attached hydrogens (tertiary/aromatic N) is 2. The molecule has 28 heavy (non-hydrogen) atoms. The monoisotopic (exact) mass is 386 g/mol. The molecule has 0 bridgehead atoms. The maximum absolute atomic E-state index is 13.7. The zero-order valence-electron chi connectivity index (χ0n) is 15.6. The number of morpholine rings is 1. The molecule has 1 unspecified atom stereocenters. The number of carbonyl (C=O) groups excluding carboxylic acids is 1. The number of hydrogen-bond donors (Lipinski definition) is 0. The Bertz CT molecular complexity index is 826. The number of amides is 1. The summed E-state index contributed by atoms with van der Waals surface area (Å²) in [6.07, 6.45) is -0.582. The van der Waals surface area contributed by atoms with Gasteiger partial charge in [-0.05, 0) is 24.3 Å². The topological polar surface area (TPSA) is 51.2 Å². The van der Waals surface area contributed by atoms with E-state index >= 15 is 0 Å². The first-order chi connectivity index (χ1) is 13.7. The minimum Gasteiger partial charge on any atom is -0.489 e. The highest BCUT2D eigenvalue weighted by Crippen LogP contribution is 2.33. The van der Waals surface area contributed by atoms with Gasteiger partial charge >= 0.3 is 0 Å². The molecule has 1 amide bonds. The van der Waals surface area contributed by atoms with Crippen LogP contribution in [0.1, 0.15) is 0 Å². The maximum Gasteiger partial charge on any atom is 0.265 e. The summed E-state index contributed by atoms with van der Waals surface area (Å²) in [6.45, 7) is 3.50. The molecule has 4 rings (SSSR count). The first-order valence-electron chi connectivity index (χ1n) is 9.47. The molecule has 2 aliphatic heterocycles. The molecule has 1 atom stereocenters. The summed E-state index contributed by atoms with van der Waals surface area (Å²) in [5.41, 5.74) is 0.908. The molecule has 2 heterocycles. The third kappa shape index (κ3) is 4.04. The van der Waals surface area contributed by atoms with E-state index in [9.17, 15) is 9.18 Å².